The molecule has 315 valence electrons. The first-order chi connectivity index (χ1) is 28.3. The number of fused-ring (bicyclic) bond motifs is 3. The normalized spacial score (nSPS) is 11.7. The van der Waals surface area contributed by atoms with E-state index in [1.165, 1.54) is 55.4 Å². The molecule has 3 aromatic heterocycles. The van der Waals surface area contributed by atoms with Crippen LogP contribution in [0.4, 0.5) is 0 Å². The number of hydrogen-bond acceptors (Lipinski definition) is 1. The summed E-state index contributed by atoms with van der Waals surface area (Å²) in [6.07, 6.45) is 4.28. The number of rotatable bonds is 6. The predicted octanol–water partition coefficient (Wildman–Crippen LogP) is 13.7. The van der Waals surface area contributed by atoms with Crippen LogP contribution < -0.4 is 14.3 Å². The summed E-state index contributed by atoms with van der Waals surface area (Å²) in [5.74, 6) is 0.510. The Balaban J connectivity index is 0.000000225. The molecule has 3 nitrogen and oxygen atoms in total. The summed E-state index contributed by atoms with van der Waals surface area (Å²) < 4.78 is 10.4. The van der Waals surface area contributed by atoms with Crippen molar-refractivity contribution in [1.29, 1.82) is 0 Å². The van der Waals surface area contributed by atoms with Gasteiger partial charge in [-0.05, 0) is 50.9 Å². The van der Waals surface area contributed by atoms with Gasteiger partial charge >= 0.3 is 0 Å². The third-order valence-corrected chi connectivity index (χ3v) is 13.7. The summed E-state index contributed by atoms with van der Waals surface area (Å²) in [6.45, 7) is 31.3. The summed E-state index contributed by atoms with van der Waals surface area (Å²) in [7, 11) is 7.13. The second-order valence-corrected chi connectivity index (χ2v) is 23.8. The van der Waals surface area contributed by atoms with E-state index in [1.807, 2.05) is 21.4 Å². The van der Waals surface area contributed by atoms with Crippen LogP contribution in [0.3, 0.4) is 0 Å². The molecule has 0 bridgehead atoms. The van der Waals surface area contributed by atoms with Gasteiger partial charge in [0.25, 0.3) is 0 Å². The summed E-state index contributed by atoms with van der Waals surface area (Å²) >= 11 is 0. The molecule has 8 rings (SSSR count). The molecular weight excluding hydrogens is 937 g/mol. The monoisotopic (exact) mass is 997 g/mol. The van der Waals surface area contributed by atoms with Crippen molar-refractivity contribution in [2.75, 3.05) is 0 Å². The van der Waals surface area contributed by atoms with E-state index in [4.69, 9.17) is 4.42 Å². The molecule has 0 spiro atoms. The van der Waals surface area contributed by atoms with Gasteiger partial charge in [0.15, 0.2) is 0 Å². The SMILES string of the molecule is [CH2-]c1cc(C)cc(C)c1-c1cc(C(C)C)c([Si](C)(C)C)c[n+]1[CH2-].[CH2-]c1ccc2c(oc3ccc(-c4ccc(-c5ccccc5)cc4)cc32)c1-c1cc(C(C)(C)C)cc[n+]1[CH2-].[Ir]. The molecule has 5 heteroatoms. The molecule has 0 saturated carbocycles. The Kier molecular flexibility index (Phi) is 12.9. The molecule has 3 heterocycles. The van der Waals surface area contributed by atoms with Crippen LogP contribution in [-0.4, -0.2) is 8.07 Å². The van der Waals surface area contributed by atoms with E-state index in [1.54, 1.807) is 0 Å². The van der Waals surface area contributed by atoms with Crippen molar-refractivity contribution in [2.45, 2.75) is 79.4 Å². The summed E-state index contributed by atoms with van der Waals surface area (Å²) in [5, 5.41) is 3.69. The molecule has 0 N–H and O–H groups in total. The Morgan fingerprint density at radius 1 is 0.623 bits per heavy atom. The maximum Gasteiger partial charge on any atom is 0.133 e. The van der Waals surface area contributed by atoms with Crippen LogP contribution in [0.2, 0.25) is 19.6 Å². The van der Waals surface area contributed by atoms with Crippen molar-refractivity contribution in [3.63, 3.8) is 0 Å². The van der Waals surface area contributed by atoms with Gasteiger partial charge in [0.2, 0.25) is 0 Å². The van der Waals surface area contributed by atoms with Crippen LogP contribution in [0.25, 0.3) is 66.7 Å². The minimum atomic E-state index is -1.41. The fourth-order valence-electron chi connectivity index (χ4n) is 8.39. The molecule has 0 fully saturated rings. The number of pyridine rings is 2. The van der Waals surface area contributed by atoms with Gasteiger partial charge in [0.05, 0.1) is 37.4 Å². The minimum absolute atomic E-state index is 0. The van der Waals surface area contributed by atoms with Crippen LogP contribution in [0.1, 0.15) is 73.9 Å². The fraction of sp³-hybridized carbons (Fsp3) is 0.214. The van der Waals surface area contributed by atoms with E-state index in [9.17, 15) is 0 Å². The van der Waals surface area contributed by atoms with Crippen molar-refractivity contribution in [3.8, 4) is 44.8 Å². The predicted molar refractivity (Wildman–Crippen MR) is 258 cm³/mol. The maximum atomic E-state index is 6.49. The zero-order valence-electron chi connectivity index (χ0n) is 37.7. The first-order valence-corrected chi connectivity index (χ1v) is 24.5. The van der Waals surface area contributed by atoms with E-state index >= 15 is 0 Å². The van der Waals surface area contributed by atoms with Gasteiger partial charge in [-0.25, -0.2) is 0 Å². The van der Waals surface area contributed by atoms with Crippen LogP contribution >= 0.6 is 0 Å². The van der Waals surface area contributed by atoms with E-state index in [2.05, 4.69) is 211 Å². The molecule has 0 unspecified atom stereocenters. The Morgan fingerprint density at radius 3 is 1.84 bits per heavy atom. The third-order valence-electron chi connectivity index (χ3n) is 11.7. The molecule has 1 radical (unpaired) electrons. The van der Waals surface area contributed by atoms with Gasteiger partial charge in [0, 0.05) is 45.0 Å². The standard InChI is InChI=1S/C35H30NO.C21H30NSi.Ir/c1-23-11-17-29-30-21-27(26-14-12-25(13-15-26)24-9-7-6-8-10-24)16-18-32(30)37-34(29)33(23)31-22-28(35(2,3)4)19-20-36(31)5;1-14(2)18-12-19(22(6)13-20(18)23(7,8)9)21-16(4)10-15(3)11-17(21)5;/h6-22H,1,5H2,2-4H3;10-14H,4,6H2,1-3,5,7-9H3;/q2*-1;. The van der Waals surface area contributed by atoms with Crippen LogP contribution in [-0.2, 0) is 25.5 Å². The quantitative estimate of drug-likeness (QED) is 0.0924. The first-order valence-electron chi connectivity index (χ1n) is 21.0. The van der Waals surface area contributed by atoms with Gasteiger partial charge in [-0.3, -0.25) is 0 Å². The summed E-state index contributed by atoms with van der Waals surface area (Å²) in [4.78, 5) is 0. The number of nitrogens with zero attached hydrogens (tertiary/aromatic N) is 2. The molecule has 0 aliphatic rings. The Morgan fingerprint density at radius 2 is 1.23 bits per heavy atom. The first kappa shape index (κ1) is 45.1. The van der Waals surface area contributed by atoms with Crippen molar-refractivity contribution >= 4 is 35.2 Å². The van der Waals surface area contributed by atoms with Gasteiger partial charge < -0.3 is 13.6 Å². The van der Waals surface area contributed by atoms with E-state index < -0.39 is 8.07 Å². The molecular formula is C56H60IrN2OSi-2. The molecule has 5 aromatic carbocycles. The van der Waals surface area contributed by atoms with E-state index in [0.29, 0.717) is 5.92 Å². The number of furan rings is 1. The van der Waals surface area contributed by atoms with Gasteiger partial charge in [-0.15, -0.1) is 22.8 Å². The van der Waals surface area contributed by atoms with Crippen LogP contribution in [0.5, 0.6) is 0 Å². The Hall–Kier alpha value is -5.45. The number of aromatic nitrogens is 2. The number of benzene rings is 5. The fourth-order valence-corrected chi connectivity index (χ4v) is 10.2. The second kappa shape index (κ2) is 17.5. The van der Waals surface area contributed by atoms with Crippen molar-refractivity contribution < 1.29 is 33.7 Å². The molecule has 0 aliphatic carbocycles. The second-order valence-electron chi connectivity index (χ2n) is 18.8. The van der Waals surface area contributed by atoms with E-state index in [0.717, 1.165) is 49.9 Å². The topological polar surface area (TPSA) is 20.9 Å². The molecule has 8 aromatic rings. The van der Waals surface area contributed by atoms with Gasteiger partial charge in [-0.2, -0.15) is 37.1 Å². The largest absolute Gasteiger partial charge is 0.469 e. The van der Waals surface area contributed by atoms with Crippen LogP contribution in [0.15, 0.2) is 132 Å². The third kappa shape index (κ3) is 9.26. The Labute approximate surface area is 379 Å². The number of hydrogen-bond donors (Lipinski definition) is 0. The van der Waals surface area contributed by atoms with Gasteiger partial charge in [0.1, 0.15) is 5.58 Å². The van der Waals surface area contributed by atoms with Crippen LogP contribution in [0, 0.1) is 41.8 Å². The molecule has 0 amide bonds. The summed E-state index contributed by atoms with van der Waals surface area (Å²) in [6, 6.07) is 40.9. The van der Waals surface area contributed by atoms with Gasteiger partial charge in [-0.1, -0.05) is 170 Å². The average Bonchev–Trinajstić information content (AvgIpc) is 3.56. The number of aryl methyl sites for hydroxylation is 2. The molecule has 0 saturated heterocycles. The molecule has 0 aliphatic heterocycles. The van der Waals surface area contributed by atoms with Crippen molar-refractivity contribution in [3.05, 3.63) is 189 Å². The molecule has 0 atom stereocenters. The summed E-state index contributed by atoms with van der Waals surface area (Å²) in [5.41, 5.74) is 18.1. The zero-order valence-corrected chi connectivity index (χ0v) is 41.1. The van der Waals surface area contributed by atoms with Crippen molar-refractivity contribution in [1.82, 2.24) is 0 Å². The van der Waals surface area contributed by atoms with E-state index in [-0.39, 0.29) is 25.5 Å². The smallest absolute Gasteiger partial charge is 0.133 e. The molecule has 61 heavy (non-hydrogen) atoms. The Bertz CT molecular complexity index is 2830. The van der Waals surface area contributed by atoms with Crippen molar-refractivity contribution in [2.24, 2.45) is 0 Å². The zero-order chi connectivity index (χ0) is 43.3. The maximum absolute atomic E-state index is 6.49. The minimum Gasteiger partial charge on any atom is -0.469 e. The average molecular weight is 997 g/mol.